The number of hydrogen-bond acceptors (Lipinski definition) is 2. The van der Waals surface area contributed by atoms with Gasteiger partial charge in [-0.05, 0) is 36.6 Å². The monoisotopic (exact) mass is 322 g/mol. The largest absolute Gasteiger partial charge is 0.312 e. The molecule has 0 aromatic heterocycles. The maximum atomic E-state index is 12.6. The van der Waals surface area contributed by atoms with E-state index in [1.807, 2.05) is 54.3 Å². The number of fused-ring (bicyclic) bond motifs is 1. The van der Waals surface area contributed by atoms with Crippen LogP contribution in [0.25, 0.3) is 0 Å². The Kier molecular flexibility index (Phi) is 4.65. The summed E-state index contributed by atoms with van der Waals surface area (Å²) in [4.78, 5) is 28.2. The quantitative estimate of drug-likeness (QED) is 0.866. The van der Waals surface area contributed by atoms with E-state index in [1.165, 1.54) is 5.56 Å². The van der Waals surface area contributed by atoms with Gasteiger partial charge in [0.1, 0.15) is 0 Å². The highest BCUT2D eigenvalue weighted by Crippen LogP contribution is 2.28. The molecule has 0 unspecified atom stereocenters. The third kappa shape index (κ3) is 3.18. The van der Waals surface area contributed by atoms with Crippen LogP contribution in [-0.2, 0) is 16.0 Å². The molecule has 0 N–H and O–H groups in total. The summed E-state index contributed by atoms with van der Waals surface area (Å²) in [5, 5.41) is 0. The summed E-state index contributed by atoms with van der Waals surface area (Å²) in [5.74, 6) is 0.0266. The third-order valence-corrected chi connectivity index (χ3v) is 4.52. The van der Waals surface area contributed by atoms with Crippen LogP contribution in [0.3, 0.4) is 0 Å². The van der Waals surface area contributed by atoms with Crippen molar-refractivity contribution in [3.63, 3.8) is 0 Å². The first-order valence-electron chi connectivity index (χ1n) is 8.30. The second-order valence-corrected chi connectivity index (χ2v) is 6.13. The van der Waals surface area contributed by atoms with E-state index in [9.17, 15) is 9.59 Å². The Labute approximate surface area is 142 Å². The number of rotatable bonds is 4. The van der Waals surface area contributed by atoms with Crippen LogP contribution < -0.4 is 9.80 Å². The molecule has 0 saturated carbocycles. The van der Waals surface area contributed by atoms with Gasteiger partial charge in [0.2, 0.25) is 11.8 Å². The average Bonchev–Trinajstić information content (AvgIpc) is 3.00. The van der Waals surface area contributed by atoms with Gasteiger partial charge in [0.15, 0.2) is 0 Å². The Balaban J connectivity index is 1.71. The first-order chi connectivity index (χ1) is 11.6. The normalized spacial score (nSPS) is 12.8. The van der Waals surface area contributed by atoms with Crippen LogP contribution in [0.1, 0.15) is 24.5 Å². The number of hydrogen-bond donors (Lipinski definition) is 0. The number of nitrogens with zero attached hydrogens (tertiary/aromatic N) is 2. The molecule has 0 bridgehead atoms. The second-order valence-electron chi connectivity index (χ2n) is 6.13. The Morgan fingerprint density at radius 3 is 2.54 bits per heavy atom. The van der Waals surface area contributed by atoms with Gasteiger partial charge in [-0.2, -0.15) is 0 Å². The van der Waals surface area contributed by atoms with Gasteiger partial charge in [0.25, 0.3) is 0 Å². The molecule has 0 fully saturated rings. The number of para-hydroxylation sites is 2. The molecule has 1 aliphatic heterocycles. The van der Waals surface area contributed by atoms with Crippen molar-refractivity contribution in [1.29, 1.82) is 0 Å². The number of amides is 2. The van der Waals surface area contributed by atoms with Crippen molar-refractivity contribution in [2.24, 2.45) is 0 Å². The molecule has 2 aromatic carbocycles. The predicted octanol–water partition coefficient (Wildman–Crippen LogP) is 3.33. The molecule has 1 aliphatic rings. The van der Waals surface area contributed by atoms with E-state index < -0.39 is 0 Å². The second kappa shape index (κ2) is 6.87. The minimum Gasteiger partial charge on any atom is -0.312 e. The Bertz CT molecular complexity index is 770. The van der Waals surface area contributed by atoms with E-state index in [-0.39, 0.29) is 11.8 Å². The molecule has 2 aromatic rings. The highest BCUT2D eigenvalue weighted by Gasteiger charge is 2.25. The molecule has 0 saturated heterocycles. The fraction of sp³-hybridized carbons (Fsp3) is 0.300. The van der Waals surface area contributed by atoms with Crippen molar-refractivity contribution < 1.29 is 9.59 Å². The van der Waals surface area contributed by atoms with E-state index in [1.54, 1.807) is 11.8 Å². The smallest absolute Gasteiger partial charge is 0.228 e. The van der Waals surface area contributed by atoms with E-state index in [4.69, 9.17) is 0 Å². The lowest BCUT2D eigenvalue weighted by atomic mass is 10.1. The van der Waals surface area contributed by atoms with Crippen LogP contribution in [0, 0.1) is 6.92 Å². The lowest BCUT2D eigenvalue weighted by molar-refractivity contribution is -0.118. The average molecular weight is 322 g/mol. The highest BCUT2D eigenvalue weighted by molar-refractivity contribution is 5.97. The van der Waals surface area contributed by atoms with Crippen molar-refractivity contribution in [2.75, 3.05) is 22.9 Å². The molecular weight excluding hydrogens is 300 g/mol. The number of benzene rings is 2. The fourth-order valence-electron chi connectivity index (χ4n) is 3.25. The molecule has 4 heteroatoms. The molecular formula is C20H22N2O2. The van der Waals surface area contributed by atoms with Crippen molar-refractivity contribution in [1.82, 2.24) is 0 Å². The van der Waals surface area contributed by atoms with Gasteiger partial charge in [-0.3, -0.25) is 9.59 Å². The number of anilines is 2. The van der Waals surface area contributed by atoms with Gasteiger partial charge in [-0.25, -0.2) is 0 Å². The lowest BCUT2D eigenvalue weighted by Crippen LogP contribution is -2.36. The zero-order valence-electron chi connectivity index (χ0n) is 14.2. The molecule has 0 spiro atoms. The minimum absolute atomic E-state index is 0.0427. The van der Waals surface area contributed by atoms with Gasteiger partial charge in [-0.1, -0.05) is 36.4 Å². The predicted molar refractivity (Wildman–Crippen MR) is 96.3 cm³/mol. The van der Waals surface area contributed by atoms with E-state index in [2.05, 4.69) is 6.07 Å². The first-order valence-corrected chi connectivity index (χ1v) is 8.30. The molecule has 124 valence electrons. The van der Waals surface area contributed by atoms with Crippen LogP contribution in [0.4, 0.5) is 11.4 Å². The van der Waals surface area contributed by atoms with Crippen molar-refractivity contribution in [3.05, 3.63) is 59.7 Å². The van der Waals surface area contributed by atoms with Gasteiger partial charge >= 0.3 is 0 Å². The molecule has 0 radical (unpaired) electrons. The molecule has 24 heavy (non-hydrogen) atoms. The highest BCUT2D eigenvalue weighted by atomic mass is 16.2. The lowest BCUT2D eigenvalue weighted by Gasteiger charge is -2.24. The summed E-state index contributed by atoms with van der Waals surface area (Å²) in [7, 11) is 0. The summed E-state index contributed by atoms with van der Waals surface area (Å²) in [6.07, 6.45) is 1.22. The summed E-state index contributed by atoms with van der Waals surface area (Å²) < 4.78 is 0. The maximum absolute atomic E-state index is 12.6. The van der Waals surface area contributed by atoms with E-state index >= 15 is 0 Å². The topological polar surface area (TPSA) is 40.6 Å². The van der Waals surface area contributed by atoms with Crippen molar-refractivity contribution >= 4 is 23.2 Å². The van der Waals surface area contributed by atoms with Gasteiger partial charge < -0.3 is 9.80 Å². The molecule has 2 amide bonds. The zero-order chi connectivity index (χ0) is 17.1. The standard InChI is InChI=1S/C20H22N2O2/c1-15-7-3-5-9-18(15)21(16(2)23)14-12-20(24)22-13-11-17-8-4-6-10-19(17)22/h3-10H,11-14H2,1-2H3. The number of carbonyl (C=O) groups is 2. The maximum Gasteiger partial charge on any atom is 0.228 e. The molecule has 0 atom stereocenters. The Morgan fingerprint density at radius 1 is 1.08 bits per heavy atom. The van der Waals surface area contributed by atoms with Crippen molar-refractivity contribution in [3.8, 4) is 0 Å². The number of aryl methyl sites for hydroxylation is 1. The molecule has 1 heterocycles. The van der Waals surface area contributed by atoms with Crippen LogP contribution in [0.5, 0.6) is 0 Å². The van der Waals surface area contributed by atoms with E-state index in [0.29, 0.717) is 13.0 Å². The minimum atomic E-state index is -0.0427. The zero-order valence-corrected chi connectivity index (χ0v) is 14.2. The summed E-state index contributed by atoms with van der Waals surface area (Å²) >= 11 is 0. The van der Waals surface area contributed by atoms with Crippen molar-refractivity contribution in [2.45, 2.75) is 26.7 Å². The fourth-order valence-corrected chi connectivity index (χ4v) is 3.25. The molecule has 3 rings (SSSR count). The van der Waals surface area contributed by atoms with Gasteiger partial charge in [0.05, 0.1) is 0 Å². The summed E-state index contributed by atoms with van der Waals surface area (Å²) in [6.45, 7) is 4.65. The first kappa shape index (κ1) is 16.2. The number of carbonyl (C=O) groups excluding carboxylic acids is 2. The summed E-state index contributed by atoms with van der Waals surface area (Å²) in [5.41, 5.74) is 4.13. The van der Waals surface area contributed by atoms with Crippen LogP contribution in [0.2, 0.25) is 0 Å². The van der Waals surface area contributed by atoms with E-state index in [0.717, 1.165) is 29.9 Å². The van der Waals surface area contributed by atoms with Crippen LogP contribution in [-0.4, -0.2) is 24.9 Å². The third-order valence-electron chi connectivity index (χ3n) is 4.52. The molecule has 4 nitrogen and oxygen atoms in total. The van der Waals surface area contributed by atoms with Crippen LogP contribution in [0.15, 0.2) is 48.5 Å². The van der Waals surface area contributed by atoms with Crippen LogP contribution >= 0.6 is 0 Å². The Hall–Kier alpha value is -2.62. The molecule has 0 aliphatic carbocycles. The van der Waals surface area contributed by atoms with Gasteiger partial charge in [-0.15, -0.1) is 0 Å². The summed E-state index contributed by atoms with van der Waals surface area (Å²) in [6, 6.07) is 15.8. The van der Waals surface area contributed by atoms with Gasteiger partial charge in [0, 0.05) is 37.8 Å². The SMILES string of the molecule is CC(=O)N(CCC(=O)N1CCc2ccccc21)c1ccccc1C. The Morgan fingerprint density at radius 2 is 1.79 bits per heavy atom.